The molecule has 39 heavy (non-hydrogen) atoms. The molecule has 0 aromatic heterocycles. The van der Waals surface area contributed by atoms with E-state index in [1.807, 2.05) is 0 Å². The van der Waals surface area contributed by atoms with Crippen LogP contribution in [0.2, 0.25) is 0 Å². The Bertz CT molecular complexity index is 1180. The molecule has 1 radical (unpaired) electrons. The van der Waals surface area contributed by atoms with Crippen LogP contribution in [0.4, 0.5) is 5.69 Å². The summed E-state index contributed by atoms with van der Waals surface area (Å²) < 4.78 is 25.0. The molecule has 7 atom stereocenters. The Kier molecular flexibility index (Phi) is 6.97. The highest BCUT2D eigenvalue weighted by Gasteiger charge is 2.68. The summed E-state index contributed by atoms with van der Waals surface area (Å²) in [5.41, 5.74) is 0.533. The molecule has 2 saturated heterocycles. The molecule has 1 N–H and O–H groups in total. The lowest BCUT2D eigenvalue weighted by Crippen LogP contribution is -2.59. The maximum atomic E-state index is 13.8. The first-order valence-corrected chi connectivity index (χ1v) is 14.1. The third kappa shape index (κ3) is 4.56. The molecule has 0 unspecified atom stereocenters. The number of non-ortho nitro benzene ring substituents is 1. The van der Waals surface area contributed by atoms with Gasteiger partial charge in [-0.05, 0) is 37.8 Å². The van der Waals surface area contributed by atoms with Gasteiger partial charge in [-0.15, -0.1) is 0 Å². The third-order valence-corrected chi connectivity index (χ3v) is 8.89. The zero-order valence-electron chi connectivity index (χ0n) is 22.0. The molecular weight excluding hydrogens is 506 g/mol. The molecule has 2 bridgehead atoms. The van der Waals surface area contributed by atoms with Gasteiger partial charge in [0, 0.05) is 36.5 Å². The van der Waals surface area contributed by atoms with E-state index >= 15 is 0 Å². The van der Waals surface area contributed by atoms with Crippen molar-refractivity contribution in [1.29, 1.82) is 0 Å². The SMILES string of the molecule is CCCCCC[C@@H]1O[C@]23CC[C@H](O)[C]4OC5=C(C(=O)[C@H](OC(=O)c6ccc([N+](=O)[O-])cc6)CC5)[C@H](C[C@@H]1O2)[C@@H]43. The fraction of sp³-hybridized carbons (Fsp3) is 0.621. The summed E-state index contributed by atoms with van der Waals surface area (Å²) in [6.07, 6.45) is 6.24. The lowest BCUT2D eigenvalue weighted by molar-refractivity contribution is -0.384. The Morgan fingerprint density at radius 1 is 1.18 bits per heavy atom. The molecule has 1 spiro atoms. The Hall–Kier alpha value is -2.82. The van der Waals surface area contributed by atoms with Crippen LogP contribution in [0.25, 0.3) is 0 Å². The second kappa shape index (κ2) is 10.3. The maximum Gasteiger partial charge on any atom is 0.338 e. The van der Waals surface area contributed by atoms with Crippen LogP contribution in [0.15, 0.2) is 35.6 Å². The number of nitro benzene ring substituents is 1. The highest BCUT2D eigenvalue weighted by atomic mass is 16.8. The molecule has 2 aliphatic carbocycles. The van der Waals surface area contributed by atoms with Crippen LogP contribution in [0.1, 0.15) is 81.5 Å². The fourth-order valence-corrected chi connectivity index (χ4v) is 7.05. The zero-order valence-corrected chi connectivity index (χ0v) is 22.0. The van der Waals surface area contributed by atoms with Crippen LogP contribution < -0.4 is 0 Å². The number of unbranched alkanes of at least 4 members (excludes halogenated alkanes) is 3. The number of Topliss-reactive ketones (excluding diaryl/α,β-unsaturated/α-hetero) is 1. The van der Waals surface area contributed by atoms with Crippen LogP contribution >= 0.6 is 0 Å². The molecule has 5 aliphatic rings. The van der Waals surface area contributed by atoms with Crippen molar-refractivity contribution >= 4 is 17.4 Å². The van der Waals surface area contributed by atoms with Gasteiger partial charge in [-0.25, -0.2) is 4.79 Å². The van der Waals surface area contributed by atoms with Gasteiger partial charge in [0.2, 0.25) is 5.78 Å². The van der Waals surface area contributed by atoms with Gasteiger partial charge >= 0.3 is 5.97 Å². The number of carbonyl (C=O) groups is 2. The van der Waals surface area contributed by atoms with Crippen molar-refractivity contribution in [2.75, 3.05) is 0 Å². The molecule has 6 rings (SSSR count). The molecule has 10 heteroatoms. The van der Waals surface area contributed by atoms with Crippen molar-refractivity contribution < 1.29 is 38.6 Å². The van der Waals surface area contributed by atoms with Gasteiger partial charge in [0.05, 0.1) is 34.7 Å². The van der Waals surface area contributed by atoms with Crippen molar-refractivity contribution in [1.82, 2.24) is 0 Å². The number of hydrogen-bond donors (Lipinski definition) is 1. The second-order valence-electron chi connectivity index (χ2n) is 11.3. The first-order chi connectivity index (χ1) is 18.8. The molecule has 3 heterocycles. The van der Waals surface area contributed by atoms with E-state index in [0.717, 1.165) is 25.7 Å². The number of hydrogen-bond acceptors (Lipinski definition) is 9. The quantitative estimate of drug-likeness (QED) is 0.218. The number of ether oxygens (including phenoxy) is 4. The van der Waals surface area contributed by atoms with Crippen molar-refractivity contribution in [3.63, 3.8) is 0 Å². The number of nitrogens with zero attached hydrogens (tertiary/aromatic N) is 1. The van der Waals surface area contributed by atoms with E-state index < -0.39 is 34.8 Å². The van der Waals surface area contributed by atoms with E-state index in [2.05, 4.69) is 6.92 Å². The molecule has 209 valence electrons. The Morgan fingerprint density at radius 3 is 2.72 bits per heavy atom. The maximum absolute atomic E-state index is 13.8. The van der Waals surface area contributed by atoms with Crippen LogP contribution in [0.5, 0.6) is 0 Å². The normalized spacial score (nSPS) is 35.2. The Balaban J connectivity index is 1.23. The van der Waals surface area contributed by atoms with Crippen LogP contribution in [0, 0.1) is 28.1 Å². The number of fused-ring (bicyclic) bond motifs is 2. The van der Waals surface area contributed by atoms with E-state index in [9.17, 15) is 24.8 Å². The highest BCUT2D eigenvalue weighted by molar-refractivity contribution is 6.03. The molecular formula is C29H34NO9. The van der Waals surface area contributed by atoms with Crippen molar-refractivity contribution in [2.45, 2.75) is 101 Å². The summed E-state index contributed by atoms with van der Waals surface area (Å²) >= 11 is 0. The van der Waals surface area contributed by atoms with Gasteiger partial charge in [-0.2, -0.15) is 0 Å². The summed E-state index contributed by atoms with van der Waals surface area (Å²) in [5.74, 6) is -2.00. The first-order valence-electron chi connectivity index (χ1n) is 14.1. The number of nitro groups is 1. The van der Waals surface area contributed by atoms with E-state index in [0.29, 0.717) is 43.1 Å². The number of benzene rings is 1. The van der Waals surface area contributed by atoms with Crippen LogP contribution in [0.3, 0.4) is 0 Å². The number of aliphatic hydroxyl groups is 1. The monoisotopic (exact) mass is 540 g/mol. The number of ketones is 1. The van der Waals surface area contributed by atoms with E-state index in [1.165, 1.54) is 30.7 Å². The fourth-order valence-electron chi connectivity index (χ4n) is 7.05. The summed E-state index contributed by atoms with van der Waals surface area (Å²) in [7, 11) is 0. The minimum Gasteiger partial charge on any atom is -0.484 e. The van der Waals surface area contributed by atoms with Gasteiger partial charge in [0.1, 0.15) is 5.76 Å². The summed E-state index contributed by atoms with van der Waals surface area (Å²) in [6.45, 7) is 2.18. The predicted octanol–water partition coefficient (Wildman–Crippen LogP) is 4.54. The van der Waals surface area contributed by atoms with Gasteiger partial charge in [0.15, 0.2) is 18.0 Å². The second-order valence-corrected chi connectivity index (χ2v) is 11.3. The summed E-state index contributed by atoms with van der Waals surface area (Å²) in [5, 5.41) is 21.8. The van der Waals surface area contributed by atoms with Gasteiger partial charge < -0.3 is 24.1 Å². The van der Waals surface area contributed by atoms with E-state index in [1.54, 1.807) is 0 Å². The topological polar surface area (TPSA) is 134 Å². The number of aliphatic hydroxyl groups excluding tert-OH is 1. The molecule has 1 saturated carbocycles. The van der Waals surface area contributed by atoms with Crippen LogP contribution in [-0.4, -0.2) is 52.0 Å². The average Bonchev–Trinajstić information content (AvgIpc) is 3.21. The van der Waals surface area contributed by atoms with E-state index in [-0.39, 0.29) is 41.6 Å². The minimum atomic E-state index is -0.979. The van der Waals surface area contributed by atoms with Crippen molar-refractivity contribution in [3.05, 3.63) is 57.4 Å². The highest BCUT2D eigenvalue weighted by Crippen LogP contribution is 2.61. The molecule has 3 fully saturated rings. The smallest absolute Gasteiger partial charge is 0.338 e. The zero-order chi connectivity index (χ0) is 27.3. The largest absolute Gasteiger partial charge is 0.484 e. The standard InChI is InChI=1S/C29H34NO9/c1-2-3-4-5-6-20-23-15-18-24-21(36-27-19(31)13-14-29(38-20,39-23)25(18)27)11-12-22(26(24)32)37-28(33)16-7-9-17(10-8-16)30(34)35/h7-10,18-20,22-23,25,31H,2-6,11-15H2,1H3/t18-,19-,20-,22+,23-,25-,29+/m0/s1. The Labute approximate surface area is 226 Å². The average molecular weight is 541 g/mol. The summed E-state index contributed by atoms with van der Waals surface area (Å²) in [6, 6.07) is 5.11. The van der Waals surface area contributed by atoms with E-state index in [4.69, 9.17) is 18.9 Å². The van der Waals surface area contributed by atoms with Gasteiger partial charge in [0.25, 0.3) is 5.69 Å². The number of esters is 1. The number of allylic oxidation sites excluding steroid dienone is 1. The molecule has 0 amide bonds. The van der Waals surface area contributed by atoms with Crippen LogP contribution in [-0.2, 0) is 23.7 Å². The lowest BCUT2D eigenvalue weighted by Gasteiger charge is -2.54. The first kappa shape index (κ1) is 26.4. The van der Waals surface area contributed by atoms with Crippen molar-refractivity contribution in [2.24, 2.45) is 11.8 Å². The number of carbonyl (C=O) groups excluding carboxylic acids is 2. The van der Waals surface area contributed by atoms with Gasteiger partial charge in [-0.1, -0.05) is 32.6 Å². The summed E-state index contributed by atoms with van der Waals surface area (Å²) in [4.78, 5) is 37.0. The predicted molar refractivity (Wildman–Crippen MR) is 136 cm³/mol. The number of rotatable bonds is 8. The minimum absolute atomic E-state index is 0.0672. The Morgan fingerprint density at radius 2 is 1.97 bits per heavy atom. The molecule has 3 aliphatic heterocycles. The molecule has 1 aromatic carbocycles. The molecule has 10 nitrogen and oxygen atoms in total. The lowest BCUT2D eigenvalue weighted by atomic mass is 9.63. The van der Waals surface area contributed by atoms with Crippen molar-refractivity contribution in [3.8, 4) is 0 Å². The van der Waals surface area contributed by atoms with Gasteiger partial charge in [-0.3, -0.25) is 14.9 Å². The third-order valence-electron chi connectivity index (χ3n) is 8.89. The molecule has 1 aromatic rings.